The van der Waals surface area contributed by atoms with Crippen molar-refractivity contribution in [3.05, 3.63) is 66.6 Å². The molecule has 0 amide bonds. The topological polar surface area (TPSA) is 105 Å². The third-order valence-corrected chi connectivity index (χ3v) is 12.7. The maximum absolute atomic E-state index is 11.0. The maximum atomic E-state index is 11.0. The van der Waals surface area contributed by atoms with E-state index in [1.54, 1.807) is 0 Å². The van der Waals surface area contributed by atoms with Crippen LogP contribution in [0.5, 0.6) is 0 Å². The minimum atomic E-state index is -1.25. The van der Waals surface area contributed by atoms with Gasteiger partial charge in [-0.2, -0.15) is 9.61 Å². The summed E-state index contributed by atoms with van der Waals surface area (Å²) in [6, 6.07) is 18.6. The molecular formula is C37H55N5O4Si2. The lowest BCUT2D eigenvalue weighted by Crippen LogP contribution is -2.35. The van der Waals surface area contributed by atoms with Crippen LogP contribution in [0.15, 0.2) is 60.9 Å². The predicted molar refractivity (Wildman–Crippen MR) is 200 cm³/mol. The van der Waals surface area contributed by atoms with Crippen LogP contribution in [0, 0.1) is 0 Å². The Bertz CT molecular complexity index is 1570. The first kappa shape index (κ1) is 36.3. The van der Waals surface area contributed by atoms with Crippen molar-refractivity contribution in [1.29, 1.82) is 0 Å². The van der Waals surface area contributed by atoms with Gasteiger partial charge in [0.1, 0.15) is 19.3 Å². The molecule has 5 rings (SSSR count). The maximum Gasteiger partial charge on any atom is 0.165 e. The zero-order valence-electron chi connectivity index (χ0n) is 29.8. The van der Waals surface area contributed by atoms with Crippen molar-refractivity contribution in [3.8, 4) is 22.4 Å². The Labute approximate surface area is 288 Å². The molecule has 260 valence electrons. The molecular weight excluding hydrogens is 635 g/mol. The summed E-state index contributed by atoms with van der Waals surface area (Å²) in [4.78, 5) is 12.2. The molecule has 0 bridgehead atoms. The number of aliphatic hydroxyl groups excluding tert-OH is 1. The van der Waals surface area contributed by atoms with Crippen molar-refractivity contribution in [1.82, 2.24) is 19.6 Å². The Morgan fingerprint density at radius 3 is 2.08 bits per heavy atom. The van der Waals surface area contributed by atoms with E-state index in [-0.39, 0.29) is 12.5 Å². The number of fused-ring (bicyclic) bond motifs is 1. The van der Waals surface area contributed by atoms with Crippen LogP contribution >= 0.6 is 0 Å². The lowest BCUT2D eigenvalue weighted by atomic mass is 9.76. The van der Waals surface area contributed by atoms with Crippen molar-refractivity contribution in [2.45, 2.75) is 95.0 Å². The largest absolute Gasteiger partial charge is 0.396 e. The van der Waals surface area contributed by atoms with Gasteiger partial charge in [-0.15, -0.1) is 0 Å². The fraction of sp³-hybridized carbons (Fsp3) is 0.541. The highest BCUT2D eigenvalue weighted by molar-refractivity contribution is 6.76. The minimum Gasteiger partial charge on any atom is -0.396 e. The van der Waals surface area contributed by atoms with Gasteiger partial charge < -0.3 is 24.6 Å². The van der Waals surface area contributed by atoms with Crippen molar-refractivity contribution < 1.29 is 19.7 Å². The predicted octanol–water partition coefficient (Wildman–Crippen LogP) is 7.66. The second kappa shape index (κ2) is 15.7. The van der Waals surface area contributed by atoms with Gasteiger partial charge in [0.05, 0.1) is 17.5 Å². The van der Waals surface area contributed by atoms with Gasteiger partial charge in [0.25, 0.3) is 0 Å². The molecule has 0 unspecified atom stereocenters. The van der Waals surface area contributed by atoms with Crippen LogP contribution in [0.4, 0.5) is 5.82 Å². The summed E-state index contributed by atoms with van der Waals surface area (Å²) in [5.41, 5.74) is 4.79. The summed E-state index contributed by atoms with van der Waals surface area (Å²) in [5.74, 6) is 1.06. The molecule has 0 radical (unpaired) electrons. The first-order valence-electron chi connectivity index (χ1n) is 17.5. The number of anilines is 1. The Morgan fingerprint density at radius 2 is 1.52 bits per heavy atom. The molecule has 0 aliphatic heterocycles. The molecule has 3 heterocycles. The molecule has 48 heavy (non-hydrogen) atoms. The number of aliphatic hydroxyl groups is 2. The summed E-state index contributed by atoms with van der Waals surface area (Å²) < 4.78 is 14.6. The van der Waals surface area contributed by atoms with E-state index in [0.29, 0.717) is 45.9 Å². The van der Waals surface area contributed by atoms with Crippen molar-refractivity contribution >= 4 is 27.6 Å². The standard InChI is InChI=1S/C37H55N5O4Si2/c1-47(2,3)22-20-45-27-41(28-46-21-23-48(4,5)6)35-24-34(30-14-16-37(44,17-15-30)18-19-43)40-36-32(26-39-42(35)36)31-12-13-33(38-25-31)29-10-8-7-9-11-29/h7-13,24-26,30,43-44H,14-23,27-28H2,1-6H3/t30-,37+. The Balaban J connectivity index is 1.51. The molecule has 0 saturated heterocycles. The van der Waals surface area contributed by atoms with E-state index >= 15 is 0 Å². The van der Waals surface area contributed by atoms with Gasteiger partial charge in [0.15, 0.2) is 5.65 Å². The Kier molecular flexibility index (Phi) is 11.9. The Morgan fingerprint density at radius 1 is 0.875 bits per heavy atom. The number of rotatable bonds is 16. The highest BCUT2D eigenvalue weighted by Gasteiger charge is 2.34. The van der Waals surface area contributed by atoms with Crippen LogP contribution in [0.3, 0.4) is 0 Å². The van der Waals surface area contributed by atoms with Crippen molar-refractivity contribution in [2.75, 3.05) is 38.2 Å². The zero-order valence-corrected chi connectivity index (χ0v) is 31.8. The van der Waals surface area contributed by atoms with Crippen LogP contribution in [0.25, 0.3) is 28.0 Å². The molecule has 1 aliphatic rings. The number of ether oxygens (including phenoxy) is 2. The highest BCUT2D eigenvalue weighted by atomic mass is 28.3. The molecule has 3 aromatic heterocycles. The van der Waals surface area contributed by atoms with Gasteiger partial charge in [-0.25, -0.2) is 4.98 Å². The second-order valence-corrected chi connectivity index (χ2v) is 27.1. The van der Waals surface area contributed by atoms with Crippen molar-refractivity contribution in [3.63, 3.8) is 0 Å². The van der Waals surface area contributed by atoms with E-state index in [0.717, 1.165) is 64.5 Å². The second-order valence-electron chi connectivity index (χ2n) is 15.8. The molecule has 1 fully saturated rings. The van der Waals surface area contributed by atoms with E-state index in [2.05, 4.69) is 68.4 Å². The average Bonchev–Trinajstić information content (AvgIpc) is 3.48. The number of benzene rings is 1. The molecule has 1 saturated carbocycles. The van der Waals surface area contributed by atoms with Gasteiger partial charge in [-0.1, -0.05) is 75.7 Å². The number of nitrogens with zero attached hydrogens (tertiary/aromatic N) is 5. The van der Waals surface area contributed by atoms with Crippen molar-refractivity contribution in [2.24, 2.45) is 0 Å². The van der Waals surface area contributed by atoms with Gasteiger partial charge in [-0.3, -0.25) is 4.98 Å². The Hall–Kier alpha value is -2.94. The van der Waals surface area contributed by atoms with Gasteiger partial charge in [0.2, 0.25) is 0 Å². The number of hydrogen-bond donors (Lipinski definition) is 2. The first-order chi connectivity index (χ1) is 22.8. The molecule has 0 spiro atoms. The molecule has 1 aliphatic carbocycles. The monoisotopic (exact) mass is 689 g/mol. The van der Waals surface area contributed by atoms with E-state index < -0.39 is 21.7 Å². The quantitative estimate of drug-likeness (QED) is 0.0702. The third kappa shape index (κ3) is 9.83. The molecule has 11 heteroatoms. The van der Waals surface area contributed by atoms with Crippen LogP contribution in [0.1, 0.15) is 43.7 Å². The van der Waals surface area contributed by atoms with E-state index in [4.69, 9.17) is 24.5 Å². The van der Waals surface area contributed by atoms with E-state index in [9.17, 15) is 10.2 Å². The summed E-state index contributed by atoms with van der Waals surface area (Å²) >= 11 is 0. The molecule has 9 nitrogen and oxygen atoms in total. The number of aromatic nitrogens is 4. The van der Waals surface area contributed by atoms with E-state index in [1.807, 2.05) is 41.2 Å². The fourth-order valence-electron chi connectivity index (χ4n) is 6.12. The number of pyridine rings is 1. The number of hydrogen-bond acceptors (Lipinski definition) is 8. The summed E-state index contributed by atoms with van der Waals surface area (Å²) in [5, 5.41) is 25.5. The normalized spacial score (nSPS) is 18.8. The molecule has 4 aromatic rings. The summed E-state index contributed by atoms with van der Waals surface area (Å²) in [6.07, 6.45) is 7.07. The third-order valence-electron chi connectivity index (χ3n) is 9.34. The van der Waals surface area contributed by atoms with Crippen LogP contribution < -0.4 is 4.90 Å². The fourth-order valence-corrected chi connectivity index (χ4v) is 7.63. The minimum absolute atomic E-state index is 0.00380. The summed E-state index contributed by atoms with van der Waals surface area (Å²) in [7, 11) is -2.51. The van der Waals surface area contributed by atoms with Gasteiger partial charge in [0, 0.05) is 76.5 Å². The smallest absolute Gasteiger partial charge is 0.165 e. The molecule has 1 aromatic carbocycles. The van der Waals surface area contributed by atoms with Crippen LogP contribution in [-0.2, 0) is 9.47 Å². The SMILES string of the molecule is C[Si](C)(C)CCOCN(COCC[Si](C)(C)C)c1cc([C@H]2CC[C@](O)(CCO)CC2)nc2c(-c3ccc(-c4ccccc4)nc3)cnn12. The average molecular weight is 690 g/mol. The summed E-state index contributed by atoms with van der Waals surface area (Å²) in [6.45, 7) is 16.4. The molecule has 0 atom stereocenters. The van der Waals surface area contributed by atoms with E-state index in [1.165, 1.54) is 0 Å². The highest BCUT2D eigenvalue weighted by Crippen LogP contribution is 2.40. The zero-order chi connectivity index (χ0) is 34.4. The van der Waals surface area contributed by atoms with Gasteiger partial charge >= 0.3 is 0 Å². The van der Waals surface area contributed by atoms with Crippen LogP contribution in [0.2, 0.25) is 51.4 Å². The lowest BCUT2D eigenvalue weighted by Gasteiger charge is -2.36. The molecule has 2 N–H and O–H groups in total. The van der Waals surface area contributed by atoms with Gasteiger partial charge in [-0.05, 0) is 50.3 Å². The van der Waals surface area contributed by atoms with Crippen LogP contribution in [-0.4, -0.2) is 84.8 Å². The first-order valence-corrected chi connectivity index (χ1v) is 24.9. The lowest BCUT2D eigenvalue weighted by molar-refractivity contribution is -0.0205.